The van der Waals surface area contributed by atoms with Crippen molar-refractivity contribution in [2.24, 2.45) is 0 Å². The summed E-state index contributed by atoms with van der Waals surface area (Å²) in [7, 11) is 1.72. The van der Waals surface area contributed by atoms with Gasteiger partial charge in [0.05, 0.1) is 19.8 Å². The van der Waals surface area contributed by atoms with Crippen molar-refractivity contribution in [3.8, 4) is 5.75 Å². The highest BCUT2D eigenvalue weighted by atomic mass is 35.5. The average Bonchev–Trinajstić information content (AvgIpc) is 2.72. The number of piperazine rings is 1. The number of nitrogens with one attached hydrogen (secondary N) is 1. The van der Waals surface area contributed by atoms with E-state index in [2.05, 4.69) is 59.6 Å². The smallest absolute Gasteiger partial charge is 0.118 e. The van der Waals surface area contributed by atoms with E-state index in [9.17, 15) is 0 Å². The molecule has 2 aliphatic rings. The van der Waals surface area contributed by atoms with Gasteiger partial charge in [-0.1, -0.05) is 35.9 Å². The van der Waals surface area contributed by atoms with Gasteiger partial charge in [0.2, 0.25) is 0 Å². The van der Waals surface area contributed by atoms with Crippen molar-refractivity contribution in [2.45, 2.75) is 31.9 Å². The molecule has 0 amide bonds. The van der Waals surface area contributed by atoms with Gasteiger partial charge in [-0.25, -0.2) is 0 Å². The molecule has 1 fully saturated rings. The first-order valence-corrected chi connectivity index (χ1v) is 10.0. The lowest BCUT2D eigenvalue weighted by atomic mass is 9.89. The van der Waals surface area contributed by atoms with Gasteiger partial charge in [0.15, 0.2) is 0 Å². The minimum Gasteiger partial charge on any atom is -0.497 e. The van der Waals surface area contributed by atoms with Crippen LogP contribution in [0.1, 0.15) is 40.8 Å². The van der Waals surface area contributed by atoms with Crippen molar-refractivity contribution in [3.05, 3.63) is 64.7 Å². The normalized spacial score (nSPS) is 20.0. The predicted octanol–water partition coefficient (Wildman–Crippen LogP) is 4.50. The van der Waals surface area contributed by atoms with Gasteiger partial charge in [-0.2, -0.15) is 0 Å². The number of ether oxygens (including phenoxy) is 2. The maximum absolute atomic E-state index is 6.27. The van der Waals surface area contributed by atoms with E-state index in [1.54, 1.807) is 7.11 Å². The van der Waals surface area contributed by atoms with Crippen LogP contribution < -0.4 is 10.1 Å². The molecule has 6 heteroatoms. The molecule has 29 heavy (non-hydrogen) atoms. The summed E-state index contributed by atoms with van der Waals surface area (Å²) in [6, 6.07) is 15.8. The van der Waals surface area contributed by atoms with Gasteiger partial charge in [0.25, 0.3) is 0 Å². The summed E-state index contributed by atoms with van der Waals surface area (Å²) in [5, 5.41) is 3.47. The highest BCUT2D eigenvalue weighted by Crippen LogP contribution is 2.37. The van der Waals surface area contributed by atoms with E-state index in [1.165, 1.54) is 22.3 Å². The molecule has 2 aromatic carbocycles. The first-order chi connectivity index (χ1) is 13.2. The fourth-order valence-electron chi connectivity index (χ4n) is 4.38. The Balaban J connectivity index is 0.00000150. The van der Waals surface area contributed by atoms with Gasteiger partial charge in [-0.05, 0) is 48.6 Å². The Hall–Kier alpha value is -1.30. The van der Waals surface area contributed by atoms with Crippen LogP contribution in [-0.2, 0) is 11.2 Å². The van der Waals surface area contributed by atoms with Crippen LogP contribution in [0.25, 0.3) is 0 Å². The van der Waals surface area contributed by atoms with Crippen molar-refractivity contribution in [2.75, 3.05) is 39.9 Å². The molecule has 0 bridgehead atoms. The van der Waals surface area contributed by atoms with Crippen LogP contribution in [0.3, 0.4) is 0 Å². The van der Waals surface area contributed by atoms with Crippen LogP contribution in [0.2, 0.25) is 0 Å². The van der Waals surface area contributed by atoms with Crippen LogP contribution in [0.15, 0.2) is 42.5 Å². The number of aryl methyl sites for hydroxylation is 1. The van der Waals surface area contributed by atoms with Crippen LogP contribution in [0, 0.1) is 6.92 Å². The lowest BCUT2D eigenvalue weighted by molar-refractivity contribution is 0.0119. The molecule has 1 saturated heterocycles. The fraction of sp³-hybridized carbons (Fsp3) is 0.478. The summed E-state index contributed by atoms with van der Waals surface area (Å²) in [6.45, 7) is 7.24. The molecule has 160 valence electrons. The highest BCUT2D eigenvalue weighted by Gasteiger charge is 2.29. The molecule has 0 saturated carbocycles. The molecule has 4 nitrogen and oxygen atoms in total. The van der Waals surface area contributed by atoms with Crippen LogP contribution in [-0.4, -0.2) is 44.8 Å². The number of benzene rings is 2. The van der Waals surface area contributed by atoms with Gasteiger partial charge < -0.3 is 14.8 Å². The van der Waals surface area contributed by atoms with E-state index in [4.69, 9.17) is 9.47 Å². The maximum Gasteiger partial charge on any atom is 0.118 e. The van der Waals surface area contributed by atoms with Gasteiger partial charge in [0.1, 0.15) is 5.75 Å². The molecular formula is C23H32Cl2N2O2. The first-order valence-electron chi connectivity index (χ1n) is 10.0. The zero-order chi connectivity index (χ0) is 18.6. The van der Waals surface area contributed by atoms with Crippen LogP contribution in [0.4, 0.5) is 0 Å². The third-order valence-electron chi connectivity index (χ3n) is 5.87. The lowest BCUT2D eigenvalue weighted by Crippen LogP contribution is -2.45. The molecule has 0 radical (unpaired) electrons. The molecule has 0 aromatic heterocycles. The molecule has 0 aliphatic carbocycles. The van der Waals surface area contributed by atoms with Crippen molar-refractivity contribution in [3.63, 3.8) is 0 Å². The Morgan fingerprint density at radius 1 is 1.10 bits per heavy atom. The number of rotatable bonds is 5. The fourth-order valence-corrected chi connectivity index (χ4v) is 4.38. The first kappa shape index (κ1) is 24.0. The zero-order valence-electron chi connectivity index (χ0n) is 17.2. The standard InChI is InChI=1S/C23H30N2O2.2ClH/c1-17-3-8-21-19(15-17)9-14-27-23(21)16-22(25-12-10-24-11-13-25)18-4-6-20(26-2)7-5-18;;/h3-8,15,22-24H,9-14,16H2,1-2H3;2*1H. The summed E-state index contributed by atoms with van der Waals surface area (Å²) in [4.78, 5) is 2.60. The molecule has 4 rings (SSSR count). The van der Waals surface area contributed by atoms with Gasteiger partial charge in [-0.3, -0.25) is 4.90 Å². The Kier molecular flexibility index (Phi) is 9.25. The quantitative estimate of drug-likeness (QED) is 0.744. The molecule has 2 aromatic rings. The molecule has 0 spiro atoms. The van der Waals surface area contributed by atoms with Gasteiger partial charge in [0, 0.05) is 32.2 Å². The molecule has 2 heterocycles. The third-order valence-corrected chi connectivity index (χ3v) is 5.87. The molecule has 1 N–H and O–H groups in total. The molecular weight excluding hydrogens is 407 g/mol. The minimum atomic E-state index is 0. The summed E-state index contributed by atoms with van der Waals surface area (Å²) >= 11 is 0. The summed E-state index contributed by atoms with van der Waals surface area (Å²) in [6.07, 6.45) is 2.17. The summed E-state index contributed by atoms with van der Waals surface area (Å²) in [5.41, 5.74) is 5.52. The van der Waals surface area contributed by atoms with E-state index in [-0.39, 0.29) is 30.9 Å². The van der Waals surface area contributed by atoms with Gasteiger partial charge in [-0.15, -0.1) is 24.8 Å². The van der Waals surface area contributed by atoms with E-state index >= 15 is 0 Å². The molecule has 2 aliphatic heterocycles. The Morgan fingerprint density at radius 2 is 1.83 bits per heavy atom. The van der Waals surface area contributed by atoms with E-state index in [1.807, 2.05) is 0 Å². The second-order valence-corrected chi connectivity index (χ2v) is 7.62. The Morgan fingerprint density at radius 3 is 2.52 bits per heavy atom. The number of halogens is 2. The summed E-state index contributed by atoms with van der Waals surface area (Å²) < 4.78 is 11.6. The topological polar surface area (TPSA) is 33.7 Å². The SMILES string of the molecule is COc1ccc(C(CC2OCCc3cc(C)ccc32)N2CCNCC2)cc1.Cl.Cl. The van der Waals surface area contributed by atoms with Crippen molar-refractivity contribution in [1.29, 1.82) is 0 Å². The number of fused-ring (bicyclic) bond motifs is 1. The second kappa shape index (κ2) is 11.2. The monoisotopic (exact) mass is 438 g/mol. The number of hydrogen-bond acceptors (Lipinski definition) is 4. The maximum atomic E-state index is 6.27. The largest absolute Gasteiger partial charge is 0.497 e. The van der Waals surface area contributed by atoms with Crippen molar-refractivity contribution >= 4 is 24.8 Å². The number of nitrogens with zero attached hydrogens (tertiary/aromatic N) is 1. The number of hydrogen-bond donors (Lipinski definition) is 1. The second-order valence-electron chi connectivity index (χ2n) is 7.62. The van der Waals surface area contributed by atoms with E-state index in [0.717, 1.165) is 51.4 Å². The highest BCUT2D eigenvalue weighted by molar-refractivity contribution is 5.85. The average molecular weight is 439 g/mol. The van der Waals surface area contributed by atoms with E-state index < -0.39 is 0 Å². The Bertz CT molecular complexity index is 764. The third kappa shape index (κ3) is 5.65. The predicted molar refractivity (Wildman–Crippen MR) is 123 cm³/mol. The van der Waals surface area contributed by atoms with Gasteiger partial charge >= 0.3 is 0 Å². The van der Waals surface area contributed by atoms with Crippen LogP contribution in [0.5, 0.6) is 5.75 Å². The summed E-state index contributed by atoms with van der Waals surface area (Å²) in [5.74, 6) is 0.910. The molecule has 2 atom stereocenters. The lowest BCUT2D eigenvalue weighted by Gasteiger charge is -2.38. The van der Waals surface area contributed by atoms with Crippen molar-refractivity contribution in [1.82, 2.24) is 10.2 Å². The zero-order valence-corrected chi connectivity index (χ0v) is 18.9. The van der Waals surface area contributed by atoms with Crippen molar-refractivity contribution < 1.29 is 9.47 Å². The van der Waals surface area contributed by atoms with E-state index in [0.29, 0.717) is 6.04 Å². The van der Waals surface area contributed by atoms with Crippen LogP contribution >= 0.6 is 24.8 Å². The number of methoxy groups -OCH3 is 1. The minimum absolute atomic E-state index is 0. The molecule has 2 unspecified atom stereocenters. The Labute approximate surface area is 186 Å².